The Labute approximate surface area is 480 Å². The number of aliphatic hydroxyl groups excluding tert-OH is 2. The van der Waals surface area contributed by atoms with Crippen molar-refractivity contribution in [2.24, 2.45) is 0 Å². The number of ether oxygens (including phenoxy) is 5. The van der Waals surface area contributed by atoms with Crippen molar-refractivity contribution in [1.29, 1.82) is 0 Å². The summed E-state index contributed by atoms with van der Waals surface area (Å²) in [6.07, 6.45) is 57.3. The van der Waals surface area contributed by atoms with Gasteiger partial charge in [-0.05, 0) is 83.5 Å². The Morgan fingerprint density at radius 1 is 0.430 bits per heavy atom. The van der Waals surface area contributed by atoms with E-state index >= 15 is 0 Å². The first-order valence-electron chi connectivity index (χ1n) is 31.9. The number of aliphatic hydroxyl groups is 2. The van der Waals surface area contributed by atoms with E-state index < -0.39 is 67.3 Å². The second-order valence-electron chi connectivity index (χ2n) is 21.7. The van der Waals surface area contributed by atoms with Gasteiger partial charge in [0.25, 0.3) is 0 Å². The molecule has 1 saturated heterocycles. The summed E-state index contributed by atoms with van der Waals surface area (Å²) in [6, 6.07) is 0. The molecule has 12 heteroatoms. The first kappa shape index (κ1) is 73.2. The van der Waals surface area contributed by atoms with E-state index in [1.54, 1.807) is 0 Å². The fraction of sp³-hybridized carbons (Fsp3) is 0.761. The molecule has 0 aromatic heterocycles. The number of carbonyl (C=O) groups excluding carboxylic acids is 3. The second kappa shape index (κ2) is 54.7. The summed E-state index contributed by atoms with van der Waals surface area (Å²) in [4.78, 5) is 51.2. The molecule has 0 aliphatic carbocycles. The molecule has 1 rings (SSSR count). The molecule has 12 nitrogen and oxygen atoms in total. The van der Waals surface area contributed by atoms with Gasteiger partial charge in [0.15, 0.2) is 24.6 Å². The predicted molar refractivity (Wildman–Crippen MR) is 322 cm³/mol. The highest BCUT2D eigenvalue weighted by Gasteiger charge is 2.50. The second-order valence-corrected chi connectivity index (χ2v) is 21.7. The molecule has 0 saturated carbocycles. The van der Waals surface area contributed by atoms with Crippen LogP contribution in [0.4, 0.5) is 0 Å². The number of carboxylic acids is 1. The molecule has 1 aliphatic rings. The molecule has 0 amide bonds. The standard InChI is InChI=1S/C67H114O12/c1-4-7-10-13-16-19-22-25-27-29-30-32-33-36-38-41-44-47-50-53-59(68)75-56-58(77-60(69)54-51-48-45-42-40-37-34-31-28-26-23-20-17-14-11-8-5-2)57-76-67-65(63(72)62(71)64(79-67)66(73)74)78-61(70)55-52-49-46-43-39-35-24-21-18-15-12-9-6-3/h8,11,17,20,25-28,34,37,42,45,58,62-65,67,71-72H,4-7,9-10,12-16,18-19,21-24,29-33,35-36,38-41,43-44,46-57H2,1-3H3,(H,73,74)/b11-8-,20-17-,27-25-,28-26-,37-34-,45-42-. The largest absolute Gasteiger partial charge is 0.479 e. The number of hydrogen-bond donors (Lipinski definition) is 3. The van der Waals surface area contributed by atoms with Crippen LogP contribution in [0.25, 0.3) is 0 Å². The van der Waals surface area contributed by atoms with Gasteiger partial charge in [0.05, 0.1) is 6.61 Å². The smallest absolute Gasteiger partial charge is 0.335 e. The average molecular weight is 1110 g/mol. The van der Waals surface area contributed by atoms with Gasteiger partial charge in [0.2, 0.25) is 0 Å². The zero-order chi connectivity index (χ0) is 57.5. The average Bonchev–Trinajstić information content (AvgIpc) is 3.46. The van der Waals surface area contributed by atoms with Crippen LogP contribution in [-0.4, -0.2) is 89.2 Å². The van der Waals surface area contributed by atoms with Crippen molar-refractivity contribution >= 4 is 23.9 Å². The Hall–Kier alpha value is -3.84. The van der Waals surface area contributed by atoms with E-state index in [9.17, 15) is 34.5 Å². The minimum atomic E-state index is -1.91. The van der Waals surface area contributed by atoms with Crippen LogP contribution in [0.5, 0.6) is 0 Å². The molecule has 1 aliphatic heterocycles. The quantitative estimate of drug-likeness (QED) is 0.0228. The van der Waals surface area contributed by atoms with Crippen LogP contribution in [0.3, 0.4) is 0 Å². The zero-order valence-electron chi connectivity index (χ0n) is 50.1. The molecule has 0 spiro atoms. The van der Waals surface area contributed by atoms with Gasteiger partial charge in [0, 0.05) is 19.3 Å². The van der Waals surface area contributed by atoms with Gasteiger partial charge in [-0.25, -0.2) is 4.79 Å². The molecule has 1 fully saturated rings. The van der Waals surface area contributed by atoms with Gasteiger partial charge in [-0.15, -0.1) is 0 Å². The highest BCUT2D eigenvalue weighted by atomic mass is 16.7. The topological polar surface area (TPSA) is 175 Å². The van der Waals surface area contributed by atoms with Crippen LogP contribution in [0.15, 0.2) is 72.9 Å². The predicted octanol–water partition coefficient (Wildman–Crippen LogP) is 16.9. The maximum Gasteiger partial charge on any atom is 0.335 e. The third kappa shape index (κ3) is 44.5. The van der Waals surface area contributed by atoms with Crippen molar-refractivity contribution in [3.63, 3.8) is 0 Å². The Balaban J connectivity index is 2.69. The number of carboxylic acid groups (broad SMARTS) is 1. The van der Waals surface area contributed by atoms with Gasteiger partial charge in [-0.1, -0.05) is 248 Å². The van der Waals surface area contributed by atoms with E-state index in [2.05, 4.69) is 87.6 Å². The zero-order valence-corrected chi connectivity index (χ0v) is 50.1. The molecule has 0 radical (unpaired) electrons. The molecule has 3 N–H and O–H groups in total. The number of esters is 3. The molecular formula is C67H114O12. The van der Waals surface area contributed by atoms with E-state index in [0.717, 1.165) is 77.0 Å². The lowest BCUT2D eigenvalue weighted by atomic mass is 9.98. The Kier molecular flexibility index (Phi) is 50.7. The number of hydrogen-bond acceptors (Lipinski definition) is 11. The summed E-state index contributed by atoms with van der Waals surface area (Å²) in [5.41, 5.74) is 0. The molecule has 0 bridgehead atoms. The third-order valence-corrected chi connectivity index (χ3v) is 14.3. The van der Waals surface area contributed by atoms with Crippen molar-refractivity contribution in [2.45, 2.75) is 314 Å². The van der Waals surface area contributed by atoms with Crippen LogP contribution in [0.1, 0.15) is 278 Å². The lowest BCUT2D eigenvalue weighted by molar-refractivity contribution is -0.301. The number of carbonyl (C=O) groups is 4. The van der Waals surface area contributed by atoms with E-state index in [1.807, 2.05) is 6.08 Å². The molecular weight excluding hydrogens is 997 g/mol. The summed E-state index contributed by atoms with van der Waals surface area (Å²) in [6.45, 7) is 5.85. The molecule has 79 heavy (non-hydrogen) atoms. The van der Waals surface area contributed by atoms with E-state index in [1.165, 1.54) is 135 Å². The number of unbranched alkanes of at least 4 members (excludes halogenated alkanes) is 28. The van der Waals surface area contributed by atoms with Crippen molar-refractivity contribution in [3.05, 3.63) is 72.9 Å². The Morgan fingerprint density at radius 2 is 0.810 bits per heavy atom. The van der Waals surface area contributed by atoms with Gasteiger partial charge in [-0.2, -0.15) is 0 Å². The van der Waals surface area contributed by atoms with E-state index in [4.69, 9.17) is 23.7 Å². The lowest BCUT2D eigenvalue weighted by Gasteiger charge is -2.40. The molecule has 0 aromatic carbocycles. The van der Waals surface area contributed by atoms with Crippen molar-refractivity contribution in [1.82, 2.24) is 0 Å². The van der Waals surface area contributed by atoms with Crippen molar-refractivity contribution in [2.75, 3.05) is 13.2 Å². The summed E-state index contributed by atoms with van der Waals surface area (Å²) in [5.74, 6) is -3.19. The minimum Gasteiger partial charge on any atom is -0.479 e. The summed E-state index contributed by atoms with van der Waals surface area (Å²) >= 11 is 0. The van der Waals surface area contributed by atoms with Crippen molar-refractivity contribution < 1.29 is 58.2 Å². The van der Waals surface area contributed by atoms with Crippen LogP contribution in [0, 0.1) is 0 Å². The Bertz CT molecular complexity index is 1650. The molecule has 454 valence electrons. The minimum absolute atomic E-state index is 0.0552. The fourth-order valence-corrected chi connectivity index (χ4v) is 9.40. The van der Waals surface area contributed by atoms with E-state index in [-0.39, 0.29) is 25.9 Å². The highest BCUT2D eigenvalue weighted by molar-refractivity contribution is 5.74. The SMILES string of the molecule is CC/C=C\C/C=C\C/C=C\C/C=C\C/C=C\CCCC(=O)OC(COC(=O)CCCCCCCCCCC/C=C\CCCCCCCC)COC1OC(C(=O)O)C(O)C(O)C1OC(=O)CCCCCCCCCCCCCCC. The molecule has 1 heterocycles. The first-order chi connectivity index (χ1) is 38.6. The van der Waals surface area contributed by atoms with Crippen LogP contribution < -0.4 is 0 Å². The summed E-state index contributed by atoms with van der Waals surface area (Å²) in [5, 5.41) is 31.5. The Morgan fingerprint density at radius 3 is 1.27 bits per heavy atom. The number of allylic oxidation sites excluding steroid dienone is 12. The van der Waals surface area contributed by atoms with Crippen LogP contribution in [0.2, 0.25) is 0 Å². The van der Waals surface area contributed by atoms with Crippen LogP contribution >= 0.6 is 0 Å². The van der Waals surface area contributed by atoms with Gasteiger partial charge < -0.3 is 39.0 Å². The summed E-state index contributed by atoms with van der Waals surface area (Å²) < 4.78 is 28.4. The third-order valence-electron chi connectivity index (χ3n) is 14.3. The van der Waals surface area contributed by atoms with Gasteiger partial charge >= 0.3 is 23.9 Å². The van der Waals surface area contributed by atoms with Gasteiger partial charge in [-0.3, -0.25) is 14.4 Å². The molecule has 0 aromatic rings. The monoisotopic (exact) mass is 1110 g/mol. The highest BCUT2D eigenvalue weighted by Crippen LogP contribution is 2.27. The number of aliphatic carboxylic acids is 1. The van der Waals surface area contributed by atoms with Gasteiger partial charge in [0.1, 0.15) is 18.8 Å². The summed E-state index contributed by atoms with van der Waals surface area (Å²) in [7, 11) is 0. The number of rotatable bonds is 54. The lowest BCUT2D eigenvalue weighted by Crippen LogP contribution is -2.61. The van der Waals surface area contributed by atoms with E-state index in [0.29, 0.717) is 25.7 Å². The maximum absolute atomic E-state index is 13.2. The fourth-order valence-electron chi connectivity index (χ4n) is 9.40. The maximum atomic E-state index is 13.2. The van der Waals surface area contributed by atoms with Crippen molar-refractivity contribution in [3.8, 4) is 0 Å². The normalized spacial score (nSPS) is 18.3. The molecule has 6 unspecified atom stereocenters. The first-order valence-corrected chi connectivity index (χ1v) is 31.9. The van der Waals surface area contributed by atoms with Crippen LogP contribution in [-0.2, 0) is 42.9 Å². The molecule has 6 atom stereocenters.